The maximum absolute atomic E-state index is 11.5. The Kier molecular flexibility index (Phi) is 11.7. The summed E-state index contributed by atoms with van der Waals surface area (Å²) < 4.78 is 0. The Labute approximate surface area is 165 Å². The van der Waals surface area contributed by atoms with Gasteiger partial charge in [0.2, 0.25) is 5.91 Å². The molecule has 0 radical (unpaired) electrons. The fraction of sp³-hybridized carbons (Fsp3) is 0.889. The van der Waals surface area contributed by atoms with Gasteiger partial charge in [-0.2, -0.15) is 0 Å². The van der Waals surface area contributed by atoms with E-state index < -0.39 is 0 Å². The van der Waals surface area contributed by atoms with E-state index in [-0.39, 0.29) is 35.8 Å². The van der Waals surface area contributed by atoms with Crippen LogP contribution in [0, 0.1) is 17.3 Å². The molecule has 0 aromatic rings. The van der Waals surface area contributed by atoms with Gasteiger partial charge in [-0.25, -0.2) is 0 Å². The highest BCUT2D eigenvalue weighted by atomic mass is 127. The Balaban J connectivity index is 0.00000529. The minimum atomic E-state index is 0. The Bertz CT molecular complexity index is 390. The average Bonchev–Trinajstić information content (AvgIpc) is 2.94. The van der Waals surface area contributed by atoms with Gasteiger partial charge in [-0.15, -0.1) is 24.0 Å². The minimum absolute atomic E-state index is 0. The predicted octanol–water partition coefficient (Wildman–Crippen LogP) is 3.15. The molecule has 5 nitrogen and oxygen atoms in total. The van der Waals surface area contributed by atoms with Gasteiger partial charge >= 0.3 is 0 Å². The van der Waals surface area contributed by atoms with Crippen molar-refractivity contribution in [2.45, 2.75) is 59.8 Å². The molecule has 24 heavy (non-hydrogen) atoms. The first-order valence-corrected chi connectivity index (χ1v) is 9.11. The second-order valence-corrected chi connectivity index (χ2v) is 7.60. The molecule has 0 heterocycles. The maximum Gasteiger partial charge on any atom is 0.222 e. The molecule has 142 valence electrons. The summed E-state index contributed by atoms with van der Waals surface area (Å²) in [6, 6.07) is 0. The van der Waals surface area contributed by atoms with Crippen LogP contribution in [0.2, 0.25) is 0 Å². The average molecular weight is 452 g/mol. The third kappa shape index (κ3) is 8.53. The molecular formula is C18H37IN4O. The zero-order valence-corrected chi connectivity index (χ0v) is 18.4. The molecule has 1 saturated carbocycles. The summed E-state index contributed by atoms with van der Waals surface area (Å²) >= 11 is 0. The second-order valence-electron chi connectivity index (χ2n) is 7.60. The molecule has 0 saturated heterocycles. The minimum Gasteiger partial charge on any atom is -0.356 e. The van der Waals surface area contributed by atoms with Gasteiger partial charge in [0.15, 0.2) is 5.96 Å². The van der Waals surface area contributed by atoms with Crippen LogP contribution in [0.4, 0.5) is 0 Å². The normalized spacial score (nSPS) is 16.9. The van der Waals surface area contributed by atoms with Crippen LogP contribution in [0.3, 0.4) is 0 Å². The second kappa shape index (κ2) is 11.9. The van der Waals surface area contributed by atoms with Crippen molar-refractivity contribution in [2.24, 2.45) is 22.2 Å². The van der Waals surface area contributed by atoms with E-state index in [1.54, 1.807) is 7.05 Å². The van der Waals surface area contributed by atoms with E-state index in [1.807, 2.05) is 13.8 Å². The third-order valence-corrected chi connectivity index (χ3v) is 4.60. The van der Waals surface area contributed by atoms with Crippen LogP contribution in [0.15, 0.2) is 4.99 Å². The lowest BCUT2D eigenvalue weighted by Crippen LogP contribution is -2.45. The molecule has 0 spiro atoms. The number of rotatable bonds is 8. The molecule has 6 heteroatoms. The summed E-state index contributed by atoms with van der Waals surface area (Å²) in [4.78, 5) is 15.8. The van der Waals surface area contributed by atoms with Crippen molar-refractivity contribution in [3.63, 3.8) is 0 Å². The monoisotopic (exact) mass is 452 g/mol. The van der Waals surface area contributed by atoms with E-state index in [2.05, 4.69) is 34.8 Å². The number of guanidine groups is 1. The van der Waals surface area contributed by atoms with Gasteiger partial charge in [0.25, 0.3) is 0 Å². The molecule has 0 aromatic heterocycles. The Hall–Kier alpha value is -0.530. The van der Waals surface area contributed by atoms with Crippen molar-refractivity contribution in [2.75, 3.05) is 26.7 Å². The van der Waals surface area contributed by atoms with E-state index in [0.717, 1.165) is 18.4 Å². The van der Waals surface area contributed by atoms with Crippen molar-refractivity contribution in [3.8, 4) is 0 Å². The number of amides is 1. The van der Waals surface area contributed by atoms with Crippen LogP contribution in [0.1, 0.15) is 59.8 Å². The van der Waals surface area contributed by atoms with Crippen molar-refractivity contribution < 1.29 is 4.79 Å². The Morgan fingerprint density at radius 2 is 1.62 bits per heavy atom. The topological polar surface area (TPSA) is 65.5 Å². The molecule has 0 aromatic carbocycles. The van der Waals surface area contributed by atoms with E-state index in [0.29, 0.717) is 18.5 Å². The van der Waals surface area contributed by atoms with Gasteiger partial charge in [-0.1, -0.05) is 40.5 Å². The highest BCUT2D eigenvalue weighted by Crippen LogP contribution is 2.42. The molecule has 1 aliphatic carbocycles. The van der Waals surface area contributed by atoms with Crippen molar-refractivity contribution in [3.05, 3.63) is 0 Å². The van der Waals surface area contributed by atoms with Gasteiger partial charge in [0.05, 0.1) is 0 Å². The Morgan fingerprint density at radius 1 is 1.04 bits per heavy atom. The first-order chi connectivity index (χ1) is 10.9. The molecule has 0 bridgehead atoms. The first-order valence-electron chi connectivity index (χ1n) is 9.11. The molecule has 1 amide bonds. The number of carbonyl (C=O) groups is 1. The lowest BCUT2D eigenvalue weighted by Gasteiger charge is -2.32. The SMILES string of the molecule is CN=C(NCCNC(=O)C(C)C)NCC1(CC(C)C)CCCC1.I. The van der Waals surface area contributed by atoms with E-state index >= 15 is 0 Å². The van der Waals surface area contributed by atoms with Crippen LogP contribution in [0.5, 0.6) is 0 Å². The lowest BCUT2D eigenvalue weighted by molar-refractivity contribution is -0.123. The molecule has 1 aliphatic rings. The van der Waals surface area contributed by atoms with Gasteiger partial charge in [0.1, 0.15) is 0 Å². The summed E-state index contributed by atoms with van der Waals surface area (Å²) in [5.74, 6) is 1.69. The summed E-state index contributed by atoms with van der Waals surface area (Å²) in [5, 5.41) is 9.69. The molecule has 1 rings (SSSR count). The zero-order chi connectivity index (χ0) is 17.3. The molecule has 1 fully saturated rings. The van der Waals surface area contributed by atoms with Crippen molar-refractivity contribution in [1.82, 2.24) is 16.0 Å². The van der Waals surface area contributed by atoms with Crippen molar-refractivity contribution >= 4 is 35.8 Å². The number of hydrogen-bond donors (Lipinski definition) is 3. The Morgan fingerprint density at radius 3 is 2.12 bits per heavy atom. The number of halogens is 1. The standard InChI is InChI=1S/C18H36N4O.HI/c1-14(2)12-18(8-6-7-9-18)13-22-17(19-5)21-11-10-20-16(23)15(3)4;/h14-15H,6-13H2,1-5H3,(H,20,23)(H2,19,21,22);1H. The number of nitrogens with zero attached hydrogens (tertiary/aromatic N) is 1. The van der Waals surface area contributed by atoms with Crippen LogP contribution in [0.25, 0.3) is 0 Å². The first kappa shape index (κ1) is 23.5. The summed E-state index contributed by atoms with van der Waals surface area (Å²) in [5.41, 5.74) is 0.428. The van der Waals surface area contributed by atoms with Gasteiger partial charge in [-0.05, 0) is 30.6 Å². The largest absolute Gasteiger partial charge is 0.356 e. The van der Waals surface area contributed by atoms with E-state index in [9.17, 15) is 4.79 Å². The van der Waals surface area contributed by atoms with Gasteiger partial charge < -0.3 is 16.0 Å². The summed E-state index contributed by atoms with van der Waals surface area (Å²) in [7, 11) is 1.80. The number of carbonyl (C=O) groups excluding carboxylic acids is 1. The number of aliphatic imine (C=N–C) groups is 1. The smallest absolute Gasteiger partial charge is 0.222 e. The van der Waals surface area contributed by atoms with Gasteiger partial charge in [0, 0.05) is 32.6 Å². The number of hydrogen-bond acceptors (Lipinski definition) is 2. The fourth-order valence-electron chi connectivity index (χ4n) is 3.51. The van der Waals surface area contributed by atoms with E-state index in [1.165, 1.54) is 32.1 Å². The zero-order valence-electron chi connectivity index (χ0n) is 16.1. The predicted molar refractivity (Wildman–Crippen MR) is 113 cm³/mol. The van der Waals surface area contributed by atoms with Crippen LogP contribution >= 0.6 is 24.0 Å². The van der Waals surface area contributed by atoms with Crippen LogP contribution in [-0.2, 0) is 4.79 Å². The van der Waals surface area contributed by atoms with Gasteiger partial charge in [-0.3, -0.25) is 9.79 Å². The lowest BCUT2D eigenvalue weighted by atomic mass is 9.78. The highest BCUT2D eigenvalue weighted by molar-refractivity contribution is 14.0. The summed E-state index contributed by atoms with van der Waals surface area (Å²) in [6.45, 7) is 10.7. The number of nitrogens with one attached hydrogen (secondary N) is 3. The third-order valence-electron chi connectivity index (χ3n) is 4.60. The quantitative estimate of drug-likeness (QED) is 0.230. The molecule has 0 unspecified atom stereocenters. The van der Waals surface area contributed by atoms with Crippen molar-refractivity contribution in [1.29, 1.82) is 0 Å². The van der Waals surface area contributed by atoms with Crippen LogP contribution < -0.4 is 16.0 Å². The molecular weight excluding hydrogens is 415 g/mol. The fourth-order valence-corrected chi connectivity index (χ4v) is 3.51. The molecule has 0 atom stereocenters. The molecule has 0 aliphatic heterocycles. The highest BCUT2D eigenvalue weighted by Gasteiger charge is 2.34. The van der Waals surface area contributed by atoms with E-state index in [4.69, 9.17) is 0 Å². The molecule has 3 N–H and O–H groups in total. The maximum atomic E-state index is 11.5. The summed E-state index contributed by atoms with van der Waals surface area (Å²) in [6.07, 6.45) is 6.62. The van der Waals surface area contributed by atoms with Crippen LogP contribution in [-0.4, -0.2) is 38.5 Å².